The van der Waals surface area contributed by atoms with E-state index >= 15 is 0 Å². The number of aromatic nitrogens is 1. The number of H-pyrrole nitrogens is 1. The van der Waals surface area contributed by atoms with Crippen LogP contribution in [0.5, 0.6) is 5.75 Å². The molecule has 1 N–H and O–H groups in total. The molecule has 6 heteroatoms. The van der Waals surface area contributed by atoms with Gasteiger partial charge in [0, 0.05) is 11.8 Å². The van der Waals surface area contributed by atoms with E-state index in [1.165, 1.54) is 6.92 Å². The number of pyridine rings is 1. The maximum Gasteiger partial charge on any atom is 0.573 e. The first-order valence-corrected chi connectivity index (χ1v) is 3.33. The second-order valence-electron chi connectivity index (χ2n) is 2.40. The molecular weight excluding hydrogens is 187 g/mol. The zero-order valence-corrected chi connectivity index (χ0v) is 6.61. The molecule has 0 aliphatic rings. The van der Waals surface area contributed by atoms with Crippen molar-refractivity contribution in [2.75, 3.05) is 0 Å². The van der Waals surface area contributed by atoms with E-state index in [9.17, 15) is 18.0 Å². The highest BCUT2D eigenvalue weighted by atomic mass is 19.4. The van der Waals surface area contributed by atoms with Crippen molar-refractivity contribution >= 4 is 0 Å². The third-order valence-electron chi connectivity index (χ3n) is 1.30. The molecule has 0 amide bonds. The number of aromatic amines is 1. The van der Waals surface area contributed by atoms with Crippen LogP contribution in [-0.2, 0) is 0 Å². The van der Waals surface area contributed by atoms with Crippen molar-refractivity contribution in [3.05, 3.63) is 28.2 Å². The second-order valence-corrected chi connectivity index (χ2v) is 2.40. The molecule has 3 nitrogen and oxygen atoms in total. The van der Waals surface area contributed by atoms with Gasteiger partial charge in [0.1, 0.15) is 5.75 Å². The molecular formula is C7H6F3NO2. The van der Waals surface area contributed by atoms with Crippen LogP contribution in [0.2, 0.25) is 0 Å². The Kier molecular flexibility index (Phi) is 2.31. The maximum absolute atomic E-state index is 11.7. The number of alkyl halides is 3. The van der Waals surface area contributed by atoms with Crippen molar-refractivity contribution in [2.24, 2.45) is 0 Å². The van der Waals surface area contributed by atoms with Gasteiger partial charge >= 0.3 is 6.36 Å². The van der Waals surface area contributed by atoms with E-state index in [1.54, 1.807) is 0 Å². The highest BCUT2D eigenvalue weighted by Gasteiger charge is 2.31. The largest absolute Gasteiger partial charge is 0.573 e. The van der Waals surface area contributed by atoms with Crippen molar-refractivity contribution < 1.29 is 17.9 Å². The molecule has 1 aromatic heterocycles. The van der Waals surface area contributed by atoms with Gasteiger partial charge < -0.3 is 9.72 Å². The number of aryl methyl sites for hydroxylation is 1. The van der Waals surface area contributed by atoms with Crippen molar-refractivity contribution in [1.29, 1.82) is 0 Å². The molecule has 1 heterocycles. The minimum atomic E-state index is -4.73. The summed E-state index contributed by atoms with van der Waals surface area (Å²) in [6, 6.07) is 1.02. The Balaban J connectivity index is 2.92. The van der Waals surface area contributed by atoms with Crippen molar-refractivity contribution in [2.45, 2.75) is 13.3 Å². The zero-order valence-electron chi connectivity index (χ0n) is 6.61. The van der Waals surface area contributed by atoms with E-state index in [0.717, 1.165) is 12.3 Å². The SMILES string of the molecule is Cc1cc(OC(F)(F)F)c[nH]c1=O. The van der Waals surface area contributed by atoms with Crippen LogP contribution in [0.1, 0.15) is 5.56 Å². The fourth-order valence-electron chi connectivity index (χ4n) is 0.764. The molecule has 0 bridgehead atoms. The molecule has 0 aromatic carbocycles. The van der Waals surface area contributed by atoms with Crippen LogP contribution in [0, 0.1) is 6.92 Å². The summed E-state index contributed by atoms with van der Waals surface area (Å²) in [6.07, 6.45) is -3.87. The monoisotopic (exact) mass is 193 g/mol. The van der Waals surface area contributed by atoms with E-state index in [1.807, 2.05) is 0 Å². The maximum atomic E-state index is 11.7. The summed E-state index contributed by atoms with van der Waals surface area (Å²) in [5.74, 6) is -0.426. The van der Waals surface area contributed by atoms with E-state index in [4.69, 9.17) is 0 Å². The van der Waals surface area contributed by atoms with Gasteiger partial charge in [-0.15, -0.1) is 13.2 Å². The third-order valence-corrected chi connectivity index (χ3v) is 1.30. The normalized spacial score (nSPS) is 11.4. The van der Waals surface area contributed by atoms with Crippen LogP contribution in [0.4, 0.5) is 13.2 Å². The topological polar surface area (TPSA) is 42.1 Å². The minimum absolute atomic E-state index is 0.168. The van der Waals surface area contributed by atoms with Gasteiger partial charge in [-0.2, -0.15) is 0 Å². The molecule has 0 fully saturated rings. The molecule has 0 spiro atoms. The van der Waals surface area contributed by atoms with Gasteiger partial charge in [-0.3, -0.25) is 4.79 Å². The molecule has 0 unspecified atom stereocenters. The number of hydrogen-bond acceptors (Lipinski definition) is 2. The summed E-state index contributed by atoms with van der Waals surface area (Å²) < 4.78 is 38.5. The molecule has 13 heavy (non-hydrogen) atoms. The first-order valence-electron chi connectivity index (χ1n) is 3.33. The lowest BCUT2D eigenvalue weighted by Crippen LogP contribution is -2.18. The van der Waals surface area contributed by atoms with E-state index < -0.39 is 17.7 Å². The Labute approximate surface area is 71.2 Å². The molecule has 72 valence electrons. The predicted molar refractivity (Wildman–Crippen MR) is 38.5 cm³/mol. The van der Waals surface area contributed by atoms with Gasteiger partial charge in [0.15, 0.2) is 0 Å². The number of nitrogens with one attached hydrogen (secondary N) is 1. The number of rotatable bonds is 1. The Morgan fingerprint density at radius 3 is 2.54 bits per heavy atom. The van der Waals surface area contributed by atoms with E-state index in [0.29, 0.717) is 0 Å². The summed E-state index contributed by atoms with van der Waals surface area (Å²) >= 11 is 0. The second kappa shape index (κ2) is 3.12. The fourth-order valence-corrected chi connectivity index (χ4v) is 0.764. The number of hydrogen-bond donors (Lipinski definition) is 1. The van der Waals surface area contributed by atoms with Crippen molar-refractivity contribution in [1.82, 2.24) is 4.98 Å². The smallest absolute Gasteiger partial charge is 0.404 e. The quantitative estimate of drug-likeness (QED) is 0.735. The third kappa shape index (κ3) is 2.81. The molecule has 0 aliphatic carbocycles. The van der Waals surface area contributed by atoms with Crippen LogP contribution < -0.4 is 10.3 Å². The summed E-state index contributed by atoms with van der Waals surface area (Å²) in [4.78, 5) is 12.9. The summed E-state index contributed by atoms with van der Waals surface area (Å²) in [6.45, 7) is 1.39. The van der Waals surface area contributed by atoms with Crippen molar-refractivity contribution in [3.8, 4) is 5.75 Å². The van der Waals surface area contributed by atoms with Crippen LogP contribution in [0.15, 0.2) is 17.1 Å². The van der Waals surface area contributed by atoms with Crippen molar-refractivity contribution in [3.63, 3.8) is 0 Å². The Morgan fingerprint density at radius 2 is 2.08 bits per heavy atom. The van der Waals surface area contributed by atoms with Crippen LogP contribution in [0.3, 0.4) is 0 Å². The lowest BCUT2D eigenvalue weighted by molar-refractivity contribution is -0.274. The van der Waals surface area contributed by atoms with Gasteiger partial charge in [-0.05, 0) is 13.0 Å². The lowest BCUT2D eigenvalue weighted by atomic mass is 10.3. The van der Waals surface area contributed by atoms with E-state index in [-0.39, 0.29) is 5.56 Å². The molecule has 0 saturated heterocycles. The minimum Gasteiger partial charge on any atom is -0.404 e. The summed E-state index contributed by atoms with van der Waals surface area (Å²) in [5.41, 5.74) is -0.267. The molecule has 1 rings (SSSR count). The average molecular weight is 193 g/mol. The molecule has 0 saturated carbocycles. The van der Waals surface area contributed by atoms with Gasteiger partial charge in [0.05, 0.1) is 0 Å². The molecule has 0 radical (unpaired) electrons. The standard InChI is InChI=1S/C7H6F3NO2/c1-4-2-5(3-11-6(4)12)13-7(8,9)10/h2-3H,1H3,(H,11,12). The van der Waals surface area contributed by atoms with Gasteiger partial charge in [-0.1, -0.05) is 0 Å². The zero-order chi connectivity index (χ0) is 10.1. The average Bonchev–Trinajstić information content (AvgIpc) is 1.94. The Morgan fingerprint density at radius 1 is 1.46 bits per heavy atom. The van der Waals surface area contributed by atoms with Crippen LogP contribution in [-0.4, -0.2) is 11.3 Å². The number of ether oxygens (including phenoxy) is 1. The van der Waals surface area contributed by atoms with Crippen LogP contribution >= 0.6 is 0 Å². The van der Waals surface area contributed by atoms with Crippen LogP contribution in [0.25, 0.3) is 0 Å². The lowest BCUT2D eigenvalue weighted by Gasteiger charge is -2.08. The number of halogens is 3. The van der Waals surface area contributed by atoms with Gasteiger partial charge in [0.2, 0.25) is 0 Å². The summed E-state index contributed by atoms with van der Waals surface area (Å²) in [7, 11) is 0. The predicted octanol–water partition coefficient (Wildman–Crippen LogP) is 1.58. The molecule has 0 aliphatic heterocycles. The fraction of sp³-hybridized carbons (Fsp3) is 0.286. The highest BCUT2D eigenvalue weighted by Crippen LogP contribution is 2.21. The highest BCUT2D eigenvalue weighted by molar-refractivity contribution is 5.22. The first-order chi connectivity index (χ1) is 5.88. The van der Waals surface area contributed by atoms with E-state index in [2.05, 4.69) is 9.72 Å². The summed E-state index contributed by atoms with van der Waals surface area (Å²) in [5, 5.41) is 0. The Bertz CT molecular complexity index is 355. The first kappa shape index (κ1) is 9.63. The van der Waals surface area contributed by atoms with Gasteiger partial charge in [0.25, 0.3) is 5.56 Å². The molecule has 1 aromatic rings. The molecule has 0 atom stereocenters. The van der Waals surface area contributed by atoms with Gasteiger partial charge in [-0.25, -0.2) is 0 Å². The Hall–Kier alpha value is -1.46.